The molecule has 1 aliphatic rings. The van der Waals surface area contributed by atoms with Crippen molar-refractivity contribution in [3.63, 3.8) is 0 Å². The molecule has 0 bridgehead atoms. The van der Waals surface area contributed by atoms with Crippen molar-refractivity contribution < 1.29 is 31.8 Å². The van der Waals surface area contributed by atoms with Crippen LogP contribution in [0.4, 0.5) is 22.4 Å². The highest BCUT2D eigenvalue weighted by molar-refractivity contribution is 5.74. The van der Waals surface area contributed by atoms with Gasteiger partial charge in [-0.15, -0.1) is 0 Å². The van der Waals surface area contributed by atoms with E-state index in [2.05, 4.69) is 20.4 Å². The first-order valence-corrected chi connectivity index (χ1v) is 8.82. The van der Waals surface area contributed by atoms with Gasteiger partial charge in [-0.3, -0.25) is 0 Å². The predicted octanol–water partition coefficient (Wildman–Crippen LogP) is 3.14. The van der Waals surface area contributed by atoms with Gasteiger partial charge in [0.2, 0.25) is 5.88 Å². The standard InChI is InChI=1S/C19H19F4N3O3/c20-14-3-1-13(2-4-14)15-9-28-10-16(15)26-18(27)25-8-12-5-6-24-17(7-12)29-11-19(21,22)23/h1-7,15-16H,8-11H2,(H2,25,26,27)/t15-,16?/m0/s1. The molecular formula is C19H19F4N3O3. The van der Waals surface area contributed by atoms with Crippen LogP contribution in [0.25, 0.3) is 0 Å². The number of nitrogens with zero attached hydrogens (tertiary/aromatic N) is 1. The first-order valence-electron chi connectivity index (χ1n) is 8.82. The Hall–Kier alpha value is -2.88. The van der Waals surface area contributed by atoms with Gasteiger partial charge in [0.1, 0.15) is 5.82 Å². The molecule has 29 heavy (non-hydrogen) atoms. The van der Waals surface area contributed by atoms with E-state index in [0.29, 0.717) is 18.8 Å². The SMILES string of the molecule is O=C(NCc1ccnc(OCC(F)(F)F)c1)NC1COC[C@H]1c1ccc(F)cc1. The van der Waals surface area contributed by atoms with Crippen molar-refractivity contribution in [2.45, 2.75) is 24.7 Å². The number of carbonyl (C=O) groups is 1. The van der Waals surface area contributed by atoms with Crippen LogP contribution in [0.2, 0.25) is 0 Å². The number of carbonyl (C=O) groups excluding carboxylic acids is 1. The van der Waals surface area contributed by atoms with Crippen LogP contribution in [0.15, 0.2) is 42.6 Å². The van der Waals surface area contributed by atoms with E-state index in [1.54, 1.807) is 18.2 Å². The minimum atomic E-state index is -4.46. The third kappa shape index (κ3) is 6.31. The largest absolute Gasteiger partial charge is 0.468 e. The first kappa shape index (κ1) is 20.8. The Balaban J connectivity index is 1.51. The molecule has 1 aromatic heterocycles. The molecule has 1 aliphatic heterocycles. The molecule has 1 fully saturated rings. The summed E-state index contributed by atoms with van der Waals surface area (Å²) in [5.74, 6) is -0.627. The van der Waals surface area contributed by atoms with Crippen LogP contribution >= 0.6 is 0 Å². The van der Waals surface area contributed by atoms with Gasteiger partial charge in [-0.1, -0.05) is 12.1 Å². The van der Waals surface area contributed by atoms with E-state index in [4.69, 9.17) is 4.74 Å². The molecule has 1 unspecified atom stereocenters. The van der Waals surface area contributed by atoms with Crippen molar-refractivity contribution in [3.05, 3.63) is 59.5 Å². The van der Waals surface area contributed by atoms with Crippen molar-refractivity contribution in [2.75, 3.05) is 19.8 Å². The van der Waals surface area contributed by atoms with E-state index in [9.17, 15) is 22.4 Å². The van der Waals surface area contributed by atoms with Crippen LogP contribution in [-0.2, 0) is 11.3 Å². The Labute approximate surface area is 164 Å². The minimum absolute atomic E-state index is 0.0749. The summed E-state index contributed by atoms with van der Waals surface area (Å²) in [5, 5.41) is 5.44. The monoisotopic (exact) mass is 413 g/mol. The number of hydrogen-bond donors (Lipinski definition) is 2. The van der Waals surface area contributed by atoms with Gasteiger partial charge in [0.25, 0.3) is 0 Å². The molecule has 2 atom stereocenters. The van der Waals surface area contributed by atoms with Crippen LogP contribution in [-0.4, -0.2) is 43.1 Å². The van der Waals surface area contributed by atoms with E-state index in [1.165, 1.54) is 24.4 Å². The molecule has 2 N–H and O–H groups in total. The average Bonchev–Trinajstić information content (AvgIpc) is 3.13. The molecule has 1 aromatic carbocycles. The zero-order chi connectivity index (χ0) is 20.9. The Morgan fingerprint density at radius 3 is 2.69 bits per heavy atom. The number of ether oxygens (including phenoxy) is 2. The lowest BCUT2D eigenvalue weighted by Crippen LogP contribution is -2.44. The van der Waals surface area contributed by atoms with Gasteiger partial charge in [-0.05, 0) is 29.3 Å². The molecule has 156 valence electrons. The fraction of sp³-hybridized carbons (Fsp3) is 0.368. The maximum absolute atomic E-state index is 13.1. The van der Waals surface area contributed by atoms with Gasteiger partial charge < -0.3 is 20.1 Å². The average molecular weight is 413 g/mol. The molecule has 0 saturated carbocycles. The molecule has 6 nitrogen and oxygen atoms in total. The number of urea groups is 1. The summed E-state index contributed by atoms with van der Waals surface area (Å²) in [6, 6.07) is 8.15. The van der Waals surface area contributed by atoms with Crippen molar-refractivity contribution >= 4 is 6.03 Å². The zero-order valence-corrected chi connectivity index (χ0v) is 15.2. The zero-order valence-electron chi connectivity index (χ0n) is 15.2. The molecular weight excluding hydrogens is 394 g/mol. The lowest BCUT2D eigenvalue weighted by molar-refractivity contribution is -0.154. The summed E-state index contributed by atoms with van der Waals surface area (Å²) in [4.78, 5) is 15.9. The van der Waals surface area contributed by atoms with Crippen LogP contribution in [0.5, 0.6) is 5.88 Å². The second kappa shape index (κ2) is 9.08. The van der Waals surface area contributed by atoms with E-state index < -0.39 is 18.8 Å². The Morgan fingerprint density at radius 2 is 1.97 bits per heavy atom. The molecule has 0 aliphatic carbocycles. The van der Waals surface area contributed by atoms with Crippen molar-refractivity contribution in [1.29, 1.82) is 0 Å². The summed E-state index contributed by atoms with van der Waals surface area (Å²) < 4.78 is 59.8. The Morgan fingerprint density at radius 1 is 1.21 bits per heavy atom. The number of nitrogens with one attached hydrogen (secondary N) is 2. The van der Waals surface area contributed by atoms with Crippen molar-refractivity contribution in [1.82, 2.24) is 15.6 Å². The maximum atomic E-state index is 13.1. The fourth-order valence-corrected chi connectivity index (χ4v) is 2.93. The van der Waals surface area contributed by atoms with Gasteiger partial charge in [0.05, 0.1) is 19.3 Å². The topological polar surface area (TPSA) is 72.5 Å². The Kier molecular flexibility index (Phi) is 6.53. The van der Waals surface area contributed by atoms with E-state index >= 15 is 0 Å². The van der Waals surface area contributed by atoms with Crippen LogP contribution < -0.4 is 15.4 Å². The van der Waals surface area contributed by atoms with Crippen LogP contribution in [0.1, 0.15) is 17.0 Å². The number of rotatable bonds is 6. The number of pyridine rings is 1. The number of aromatic nitrogens is 1. The molecule has 2 heterocycles. The van der Waals surface area contributed by atoms with Gasteiger partial charge in [0, 0.05) is 24.7 Å². The molecule has 3 rings (SSSR count). The molecule has 0 spiro atoms. The minimum Gasteiger partial charge on any atom is -0.468 e. The third-order valence-electron chi connectivity index (χ3n) is 4.33. The number of benzene rings is 1. The number of hydrogen-bond acceptors (Lipinski definition) is 4. The van der Waals surface area contributed by atoms with E-state index in [1.807, 2.05) is 0 Å². The van der Waals surface area contributed by atoms with Gasteiger partial charge in [-0.25, -0.2) is 14.2 Å². The smallest absolute Gasteiger partial charge is 0.422 e. The fourth-order valence-electron chi connectivity index (χ4n) is 2.93. The maximum Gasteiger partial charge on any atom is 0.422 e. The summed E-state index contributed by atoms with van der Waals surface area (Å²) in [6.45, 7) is -0.643. The summed E-state index contributed by atoms with van der Waals surface area (Å²) in [5.41, 5.74) is 1.39. The Bertz CT molecular complexity index is 830. The van der Waals surface area contributed by atoms with Crippen LogP contribution in [0, 0.1) is 5.82 Å². The van der Waals surface area contributed by atoms with Gasteiger partial charge in [-0.2, -0.15) is 13.2 Å². The molecule has 0 radical (unpaired) electrons. The lowest BCUT2D eigenvalue weighted by atomic mass is 9.94. The quantitative estimate of drug-likeness (QED) is 0.714. The molecule has 1 saturated heterocycles. The number of amides is 2. The summed E-state index contributed by atoms with van der Waals surface area (Å²) in [7, 11) is 0. The summed E-state index contributed by atoms with van der Waals surface area (Å²) in [6.07, 6.45) is -3.16. The second-order valence-corrected chi connectivity index (χ2v) is 6.54. The van der Waals surface area contributed by atoms with Crippen molar-refractivity contribution in [3.8, 4) is 5.88 Å². The van der Waals surface area contributed by atoms with E-state index in [-0.39, 0.29) is 30.2 Å². The summed E-state index contributed by atoms with van der Waals surface area (Å²) >= 11 is 0. The highest BCUT2D eigenvalue weighted by Crippen LogP contribution is 2.26. The molecule has 2 amide bonds. The second-order valence-electron chi connectivity index (χ2n) is 6.54. The molecule has 2 aromatic rings. The van der Waals surface area contributed by atoms with Crippen LogP contribution in [0.3, 0.4) is 0 Å². The lowest BCUT2D eigenvalue weighted by Gasteiger charge is -2.20. The molecule has 10 heteroatoms. The van der Waals surface area contributed by atoms with Gasteiger partial charge >= 0.3 is 12.2 Å². The number of halogens is 4. The van der Waals surface area contributed by atoms with Crippen molar-refractivity contribution in [2.24, 2.45) is 0 Å². The number of alkyl halides is 3. The highest BCUT2D eigenvalue weighted by Gasteiger charge is 2.31. The third-order valence-corrected chi connectivity index (χ3v) is 4.33. The highest BCUT2D eigenvalue weighted by atomic mass is 19.4. The first-order chi connectivity index (χ1) is 13.8. The van der Waals surface area contributed by atoms with Gasteiger partial charge in [0.15, 0.2) is 6.61 Å². The van der Waals surface area contributed by atoms with E-state index in [0.717, 1.165) is 5.56 Å². The predicted molar refractivity (Wildman–Crippen MR) is 94.9 cm³/mol. The normalized spacial score (nSPS) is 19.0.